The second-order valence-electron chi connectivity index (χ2n) is 7.72. The molecule has 29 heavy (non-hydrogen) atoms. The zero-order valence-corrected chi connectivity index (χ0v) is 18.3. The van der Waals surface area contributed by atoms with Gasteiger partial charge in [-0.2, -0.15) is 0 Å². The maximum absolute atomic E-state index is 13.2. The molecular formula is C24H25BrN2O2. The van der Waals surface area contributed by atoms with Gasteiger partial charge in [0, 0.05) is 35.5 Å². The number of methoxy groups -OCH3 is 1. The summed E-state index contributed by atoms with van der Waals surface area (Å²) >= 11 is 3.61. The van der Waals surface area contributed by atoms with Crippen molar-refractivity contribution in [2.75, 3.05) is 20.2 Å². The van der Waals surface area contributed by atoms with Gasteiger partial charge in [0.15, 0.2) is 0 Å². The number of hydrogen-bond acceptors (Lipinski definition) is 3. The van der Waals surface area contributed by atoms with Crippen molar-refractivity contribution in [3.63, 3.8) is 0 Å². The molecule has 1 fully saturated rings. The third kappa shape index (κ3) is 4.16. The third-order valence-electron chi connectivity index (χ3n) is 5.65. The van der Waals surface area contributed by atoms with Crippen molar-refractivity contribution in [3.8, 4) is 5.75 Å². The molecule has 1 saturated heterocycles. The van der Waals surface area contributed by atoms with Crippen LogP contribution in [-0.4, -0.2) is 37.0 Å². The van der Waals surface area contributed by atoms with Crippen molar-refractivity contribution in [2.45, 2.75) is 19.5 Å². The Bertz CT molecular complexity index is 1020. The molecule has 4 nitrogen and oxygen atoms in total. The highest BCUT2D eigenvalue weighted by molar-refractivity contribution is 9.10. The first-order chi connectivity index (χ1) is 14.1. The molecule has 2 atom stereocenters. The molecule has 0 aromatic heterocycles. The zero-order chi connectivity index (χ0) is 20.4. The van der Waals surface area contributed by atoms with Gasteiger partial charge in [-0.25, -0.2) is 0 Å². The molecule has 0 aliphatic carbocycles. The smallest absolute Gasteiger partial charge is 0.255 e. The van der Waals surface area contributed by atoms with Crippen molar-refractivity contribution >= 4 is 32.6 Å². The number of nitrogens with zero attached hydrogens (tertiary/aromatic N) is 1. The van der Waals surface area contributed by atoms with Crippen LogP contribution < -0.4 is 10.1 Å². The Balaban J connectivity index is 1.52. The molecule has 0 bridgehead atoms. The van der Waals surface area contributed by atoms with Gasteiger partial charge in [0.2, 0.25) is 0 Å². The summed E-state index contributed by atoms with van der Waals surface area (Å²) in [5, 5.41) is 5.21. The fraction of sp³-hybridized carbons (Fsp3) is 0.292. The van der Waals surface area contributed by atoms with E-state index in [-0.39, 0.29) is 11.9 Å². The number of halogens is 1. The molecule has 0 radical (unpaired) electrons. The van der Waals surface area contributed by atoms with Crippen LogP contribution in [0.2, 0.25) is 0 Å². The Labute approximate surface area is 180 Å². The summed E-state index contributed by atoms with van der Waals surface area (Å²) in [6.07, 6.45) is 0. The molecule has 4 rings (SSSR count). The summed E-state index contributed by atoms with van der Waals surface area (Å²) < 4.78 is 6.53. The lowest BCUT2D eigenvalue weighted by Crippen LogP contribution is -2.40. The average Bonchev–Trinajstić information content (AvgIpc) is 3.07. The zero-order valence-electron chi connectivity index (χ0n) is 16.7. The summed E-state index contributed by atoms with van der Waals surface area (Å²) in [5.74, 6) is 0.914. The Morgan fingerprint density at radius 3 is 2.52 bits per heavy atom. The molecule has 1 heterocycles. The predicted octanol–water partition coefficient (Wildman–Crippen LogP) is 4.86. The van der Waals surface area contributed by atoms with Crippen LogP contribution in [-0.2, 0) is 6.54 Å². The third-order valence-corrected chi connectivity index (χ3v) is 6.30. The molecular weight excluding hydrogens is 428 g/mol. The van der Waals surface area contributed by atoms with Crippen LogP contribution in [0.4, 0.5) is 0 Å². The maximum atomic E-state index is 13.2. The highest BCUT2D eigenvalue weighted by atomic mass is 79.9. The van der Waals surface area contributed by atoms with Gasteiger partial charge in [0.05, 0.1) is 12.7 Å². The Morgan fingerprint density at radius 2 is 1.79 bits per heavy atom. The lowest BCUT2D eigenvalue weighted by atomic mass is 10.0. The van der Waals surface area contributed by atoms with E-state index in [2.05, 4.69) is 57.3 Å². The first-order valence-corrected chi connectivity index (χ1v) is 10.7. The van der Waals surface area contributed by atoms with Gasteiger partial charge < -0.3 is 10.1 Å². The molecule has 150 valence electrons. The fourth-order valence-electron chi connectivity index (χ4n) is 4.16. The normalized spacial score (nSPS) is 19.4. The van der Waals surface area contributed by atoms with E-state index in [0.717, 1.165) is 34.9 Å². The average molecular weight is 453 g/mol. The molecule has 0 unspecified atom stereocenters. The van der Waals surface area contributed by atoms with Crippen LogP contribution in [0.15, 0.2) is 65.1 Å². The summed E-state index contributed by atoms with van der Waals surface area (Å²) in [6, 6.07) is 20.4. The Morgan fingerprint density at radius 1 is 1.10 bits per heavy atom. The molecule has 1 aliphatic heterocycles. The fourth-order valence-corrected chi connectivity index (χ4v) is 4.74. The molecule has 3 aromatic rings. The lowest BCUT2D eigenvalue weighted by Gasteiger charge is -2.19. The van der Waals surface area contributed by atoms with E-state index in [0.29, 0.717) is 17.2 Å². The van der Waals surface area contributed by atoms with Crippen LogP contribution >= 0.6 is 15.9 Å². The van der Waals surface area contributed by atoms with Crippen LogP contribution in [0.3, 0.4) is 0 Å². The standard InChI is InChI=1S/C24H25BrN2O2/c1-16-13-27(14-17-8-4-3-5-9-17)15-22(16)26-24(28)20-12-21(25)18-10-6-7-11-19(18)23(20)29-2/h3-12,16,22H,13-15H2,1-2H3,(H,26,28)/t16-,22+/m0/s1. The van der Waals surface area contributed by atoms with Crippen LogP contribution in [0.5, 0.6) is 5.75 Å². The number of likely N-dealkylation sites (tertiary alicyclic amines) is 1. The molecule has 1 N–H and O–H groups in total. The molecule has 0 spiro atoms. The van der Waals surface area contributed by atoms with E-state index in [1.807, 2.05) is 36.4 Å². The topological polar surface area (TPSA) is 41.6 Å². The second kappa shape index (κ2) is 8.56. The highest BCUT2D eigenvalue weighted by Crippen LogP contribution is 2.35. The van der Waals surface area contributed by atoms with E-state index in [1.165, 1.54) is 5.56 Å². The molecule has 0 saturated carbocycles. The SMILES string of the molecule is COc1c(C(=O)N[C@@H]2CN(Cc3ccccc3)C[C@@H]2C)cc(Br)c2ccccc12. The van der Waals surface area contributed by atoms with Crippen molar-refractivity contribution in [1.29, 1.82) is 0 Å². The van der Waals surface area contributed by atoms with Crippen molar-refractivity contribution < 1.29 is 9.53 Å². The number of fused-ring (bicyclic) bond motifs is 1. The highest BCUT2D eigenvalue weighted by Gasteiger charge is 2.31. The Hall–Kier alpha value is -2.37. The van der Waals surface area contributed by atoms with Crippen molar-refractivity contribution in [2.24, 2.45) is 5.92 Å². The van der Waals surface area contributed by atoms with E-state index < -0.39 is 0 Å². The molecule has 5 heteroatoms. The van der Waals surface area contributed by atoms with Crippen LogP contribution in [0.1, 0.15) is 22.8 Å². The molecule has 1 amide bonds. The van der Waals surface area contributed by atoms with Gasteiger partial charge >= 0.3 is 0 Å². The van der Waals surface area contributed by atoms with Gasteiger partial charge in [-0.1, -0.05) is 77.5 Å². The lowest BCUT2D eigenvalue weighted by molar-refractivity contribution is 0.0928. The van der Waals surface area contributed by atoms with Gasteiger partial charge in [-0.05, 0) is 22.9 Å². The number of carbonyl (C=O) groups is 1. The van der Waals surface area contributed by atoms with E-state index in [4.69, 9.17) is 4.74 Å². The summed E-state index contributed by atoms with van der Waals surface area (Å²) in [4.78, 5) is 15.6. The number of ether oxygens (including phenoxy) is 1. The minimum Gasteiger partial charge on any atom is -0.495 e. The van der Waals surface area contributed by atoms with Gasteiger partial charge in [-0.3, -0.25) is 9.69 Å². The number of amides is 1. The molecule has 1 aliphatic rings. The maximum Gasteiger partial charge on any atom is 0.255 e. The van der Waals surface area contributed by atoms with E-state index in [9.17, 15) is 4.79 Å². The molecule has 3 aromatic carbocycles. The first kappa shape index (κ1) is 19.9. The number of carbonyl (C=O) groups excluding carboxylic acids is 1. The predicted molar refractivity (Wildman–Crippen MR) is 120 cm³/mol. The van der Waals surface area contributed by atoms with Crippen LogP contribution in [0, 0.1) is 5.92 Å². The number of rotatable bonds is 5. The van der Waals surface area contributed by atoms with E-state index >= 15 is 0 Å². The quantitative estimate of drug-likeness (QED) is 0.600. The van der Waals surface area contributed by atoms with Crippen LogP contribution in [0.25, 0.3) is 10.8 Å². The number of nitrogens with one attached hydrogen (secondary N) is 1. The summed E-state index contributed by atoms with van der Waals surface area (Å²) in [6.45, 7) is 4.92. The van der Waals surface area contributed by atoms with Crippen molar-refractivity contribution in [1.82, 2.24) is 10.2 Å². The van der Waals surface area contributed by atoms with Gasteiger partial charge in [0.25, 0.3) is 5.91 Å². The largest absolute Gasteiger partial charge is 0.495 e. The Kier molecular flexibility index (Phi) is 5.88. The minimum absolute atomic E-state index is 0.0910. The van der Waals surface area contributed by atoms with Gasteiger partial charge in [0.1, 0.15) is 5.75 Å². The van der Waals surface area contributed by atoms with Crippen molar-refractivity contribution in [3.05, 3.63) is 76.3 Å². The monoisotopic (exact) mass is 452 g/mol. The second-order valence-corrected chi connectivity index (χ2v) is 8.58. The number of benzene rings is 3. The summed E-state index contributed by atoms with van der Waals surface area (Å²) in [5.41, 5.74) is 1.86. The summed E-state index contributed by atoms with van der Waals surface area (Å²) in [7, 11) is 1.62. The first-order valence-electron chi connectivity index (χ1n) is 9.89. The van der Waals surface area contributed by atoms with Gasteiger partial charge in [-0.15, -0.1) is 0 Å². The number of hydrogen-bond donors (Lipinski definition) is 1. The van der Waals surface area contributed by atoms with E-state index in [1.54, 1.807) is 7.11 Å². The minimum atomic E-state index is -0.0910.